The van der Waals surface area contributed by atoms with Crippen molar-refractivity contribution in [2.45, 2.75) is 19.4 Å². The number of aryl methyl sites for hydroxylation is 1. The second kappa shape index (κ2) is 6.17. The van der Waals surface area contributed by atoms with E-state index in [9.17, 15) is 14.4 Å². The lowest BCUT2D eigenvalue weighted by Crippen LogP contribution is -2.45. The Morgan fingerprint density at radius 1 is 1.33 bits per heavy atom. The minimum absolute atomic E-state index is 0.306. The maximum absolute atomic E-state index is 12.2. The van der Waals surface area contributed by atoms with Gasteiger partial charge in [-0.2, -0.15) is 0 Å². The standard InChI is InChI=1S/C16H17N5O3/c1-9-8-21(16(24)19-14(9)22)20-15(23)12(17)6-10-7-18-13-5-3-2-4-11(10)13/h2-5,7-8,12,18H,6,17H2,1H3,(H,20,23)(H,19,22,24)/t12-/m0/s1. The second-order valence-electron chi connectivity index (χ2n) is 5.59. The fourth-order valence-electron chi connectivity index (χ4n) is 2.48. The van der Waals surface area contributed by atoms with Crippen LogP contribution in [0.2, 0.25) is 0 Å². The van der Waals surface area contributed by atoms with Crippen LogP contribution in [-0.2, 0) is 11.2 Å². The average Bonchev–Trinajstić information content (AvgIpc) is 2.95. The minimum Gasteiger partial charge on any atom is -0.361 e. The summed E-state index contributed by atoms with van der Waals surface area (Å²) in [4.78, 5) is 40.5. The van der Waals surface area contributed by atoms with Crippen LogP contribution in [0.3, 0.4) is 0 Å². The van der Waals surface area contributed by atoms with E-state index in [4.69, 9.17) is 5.73 Å². The summed E-state index contributed by atoms with van der Waals surface area (Å²) in [5, 5.41) is 0.998. The van der Waals surface area contributed by atoms with Gasteiger partial charge in [0.05, 0.1) is 6.04 Å². The zero-order valence-electron chi connectivity index (χ0n) is 13.0. The van der Waals surface area contributed by atoms with Crippen LogP contribution in [0.15, 0.2) is 46.2 Å². The summed E-state index contributed by atoms with van der Waals surface area (Å²) in [5.74, 6) is -0.520. The summed E-state index contributed by atoms with van der Waals surface area (Å²) in [6.45, 7) is 1.53. The van der Waals surface area contributed by atoms with Gasteiger partial charge in [-0.25, -0.2) is 9.47 Å². The molecule has 1 aromatic carbocycles. The van der Waals surface area contributed by atoms with Gasteiger partial charge in [-0.3, -0.25) is 20.0 Å². The van der Waals surface area contributed by atoms with E-state index in [0.29, 0.717) is 12.0 Å². The number of rotatable bonds is 4. The molecule has 0 saturated carbocycles. The van der Waals surface area contributed by atoms with Crippen LogP contribution in [0, 0.1) is 6.92 Å². The van der Waals surface area contributed by atoms with Crippen LogP contribution in [0.1, 0.15) is 11.1 Å². The smallest absolute Gasteiger partial charge is 0.347 e. The molecule has 1 amide bonds. The normalized spacial score (nSPS) is 12.2. The van der Waals surface area contributed by atoms with Crippen LogP contribution in [0.4, 0.5) is 0 Å². The van der Waals surface area contributed by atoms with Gasteiger partial charge < -0.3 is 10.7 Å². The summed E-state index contributed by atoms with van der Waals surface area (Å²) in [6, 6.07) is 6.87. The van der Waals surface area contributed by atoms with Gasteiger partial charge in [-0.1, -0.05) is 18.2 Å². The first-order chi connectivity index (χ1) is 11.5. The van der Waals surface area contributed by atoms with Crippen LogP contribution < -0.4 is 22.4 Å². The van der Waals surface area contributed by atoms with Crippen molar-refractivity contribution in [3.8, 4) is 0 Å². The van der Waals surface area contributed by atoms with E-state index in [1.807, 2.05) is 30.5 Å². The molecular formula is C16H17N5O3. The number of nitrogens with two attached hydrogens (primary N) is 1. The molecule has 8 nitrogen and oxygen atoms in total. The molecule has 0 aliphatic rings. The Morgan fingerprint density at radius 2 is 2.08 bits per heavy atom. The van der Waals surface area contributed by atoms with Gasteiger partial charge in [0, 0.05) is 28.9 Å². The molecule has 5 N–H and O–H groups in total. The Bertz CT molecular complexity index is 1010. The number of benzene rings is 1. The maximum Gasteiger partial charge on any atom is 0.347 e. The van der Waals surface area contributed by atoms with E-state index < -0.39 is 23.2 Å². The quantitative estimate of drug-likeness (QED) is 0.536. The van der Waals surface area contributed by atoms with Crippen molar-refractivity contribution in [2.24, 2.45) is 5.73 Å². The molecule has 0 aliphatic heterocycles. The van der Waals surface area contributed by atoms with Crippen molar-refractivity contribution in [3.05, 3.63) is 68.6 Å². The van der Waals surface area contributed by atoms with Crippen molar-refractivity contribution < 1.29 is 4.79 Å². The number of H-pyrrole nitrogens is 2. The molecule has 0 fully saturated rings. The SMILES string of the molecule is Cc1cn(NC(=O)[C@@H](N)Cc2c[nH]c3ccccc23)c(=O)[nH]c1=O. The molecule has 0 unspecified atom stereocenters. The van der Waals surface area contributed by atoms with Crippen LogP contribution in [0.25, 0.3) is 10.9 Å². The number of para-hydroxylation sites is 1. The summed E-state index contributed by atoms with van der Waals surface area (Å²) in [7, 11) is 0. The Hall–Kier alpha value is -3.13. The van der Waals surface area contributed by atoms with Crippen molar-refractivity contribution in [1.29, 1.82) is 0 Å². The van der Waals surface area contributed by atoms with Gasteiger partial charge in [-0.05, 0) is 25.0 Å². The van der Waals surface area contributed by atoms with Gasteiger partial charge in [0.2, 0.25) is 0 Å². The van der Waals surface area contributed by atoms with Crippen molar-refractivity contribution >= 4 is 16.8 Å². The first kappa shape index (κ1) is 15.8. The third kappa shape index (κ3) is 2.99. The molecule has 24 heavy (non-hydrogen) atoms. The molecule has 2 aromatic heterocycles. The largest absolute Gasteiger partial charge is 0.361 e. The Morgan fingerprint density at radius 3 is 2.88 bits per heavy atom. The van der Waals surface area contributed by atoms with E-state index in [1.165, 1.54) is 13.1 Å². The van der Waals surface area contributed by atoms with E-state index in [-0.39, 0.29) is 0 Å². The highest BCUT2D eigenvalue weighted by atomic mass is 16.2. The second-order valence-corrected chi connectivity index (χ2v) is 5.59. The lowest BCUT2D eigenvalue weighted by molar-refractivity contribution is -0.118. The summed E-state index contributed by atoms with van der Waals surface area (Å²) in [6.07, 6.45) is 3.39. The number of carbonyl (C=O) groups excluding carboxylic acids is 1. The highest BCUT2D eigenvalue weighted by Gasteiger charge is 2.17. The Labute approximate surface area is 136 Å². The van der Waals surface area contributed by atoms with Gasteiger partial charge in [0.15, 0.2) is 0 Å². The number of nitrogens with one attached hydrogen (secondary N) is 3. The Balaban J connectivity index is 1.77. The number of aromatic amines is 2. The van der Waals surface area contributed by atoms with E-state index in [1.54, 1.807) is 0 Å². The summed E-state index contributed by atoms with van der Waals surface area (Å²) < 4.78 is 0.925. The van der Waals surface area contributed by atoms with E-state index >= 15 is 0 Å². The van der Waals surface area contributed by atoms with Crippen molar-refractivity contribution in [1.82, 2.24) is 14.6 Å². The number of hydrogen-bond donors (Lipinski definition) is 4. The van der Waals surface area contributed by atoms with Crippen LogP contribution >= 0.6 is 0 Å². The number of aromatic nitrogens is 3. The molecule has 3 aromatic rings. The van der Waals surface area contributed by atoms with Crippen molar-refractivity contribution in [2.75, 3.05) is 5.43 Å². The maximum atomic E-state index is 12.2. The number of fused-ring (bicyclic) bond motifs is 1. The average molecular weight is 327 g/mol. The zero-order chi connectivity index (χ0) is 17.3. The van der Waals surface area contributed by atoms with E-state index in [0.717, 1.165) is 21.1 Å². The molecule has 2 heterocycles. The van der Waals surface area contributed by atoms with Gasteiger partial charge >= 0.3 is 5.69 Å². The number of amides is 1. The molecule has 0 spiro atoms. The molecule has 1 atom stereocenters. The number of nitrogens with zero attached hydrogens (tertiary/aromatic N) is 1. The third-order valence-electron chi connectivity index (χ3n) is 3.80. The van der Waals surface area contributed by atoms with Gasteiger partial charge in [-0.15, -0.1) is 0 Å². The highest BCUT2D eigenvalue weighted by molar-refractivity contribution is 5.90. The van der Waals surface area contributed by atoms with Crippen molar-refractivity contribution in [3.63, 3.8) is 0 Å². The molecule has 0 saturated heterocycles. The van der Waals surface area contributed by atoms with E-state index in [2.05, 4.69) is 15.4 Å². The Kier molecular flexibility index (Phi) is 4.05. The molecule has 124 valence electrons. The topological polar surface area (TPSA) is 126 Å². The first-order valence-corrected chi connectivity index (χ1v) is 7.39. The van der Waals surface area contributed by atoms with Gasteiger partial charge in [0.1, 0.15) is 0 Å². The molecule has 0 bridgehead atoms. The fraction of sp³-hybridized carbons (Fsp3) is 0.188. The molecule has 8 heteroatoms. The van der Waals surface area contributed by atoms with Crippen LogP contribution in [-0.4, -0.2) is 26.6 Å². The highest BCUT2D eigenvalue weighted by Crippen LogP contribution is 2.18. The lowest BCUT2D eigenvalue weighted by atomic mass is 10.1. The lowest BCUT2D eigenvalue weighted by Gasteiger charge is -2.13. The summed E-state index contributed by atoms with van der Waals surface area (Å²) >= 11 is 0. The third-order valence-corrected chi connectivity index (χ3v) is 3.80. The minimum atomic E-state index is -0.844. The van der Waals surface area contributed by atoms with Gasteiger partial charge in [0.25, 0.3) is 11.5 Å². The first-order valence-electron chi connectivity index (χ1n) is 7.39. The number of hydrogen-bond acceptors (Lipinski definition) is 4. The molecule has 0 aliphatic carbocycles. The van der Waals surface area contributed by atoms with Crippen LogP contribution in [0.5, 0.6) is 0 Å². The monoisotopic (exact) mass is 327 g/mol. The predicted molar refractivity (Wildman–Crippen MR) is 90.4 cm³/mol. The fourth-order valence-corrected chi connectivity index (χ4v) is 2.48. The summed E-state index contributed by atoms with van der Waals surface area (Å²) in [5.41, 5.74) is 9.32. The number of carbonyl (C=O) groups is 1. The zero-order valence-corrected chi connectivity index (χ0v) is 13.0. The predicted octanol–water partition coefficient (Wildman–Crippen LogP) is -0.0336. The molecule has 0 radical (unpaired) electrons. The molecular weight excluding hydrogens is 310 g/mol. The molecule has 3 rings (SSSR count).